The van der Waals surface area contributed by atoms with Crippen LogP contribution in [0.2, 0.25) is 0 Å². The van der Waals surface area contributed by atoms with Gasteiger partial charge in [0.25, 0.3) is 0 Å². The van der Waals surface area contributed by atoms with Crippen molar-refractivity contribution in [3.63, 3.8) is 0 Å². The van der Waals surface area contributed by atoms with Crippen molar-refractivity contribution in [3.05, 3.63) is 68.6 Å². The Bertz CT molecular complexity index is 566. The second-order valence-electron chi connectivity index (χ2n) is 4.13. The van der Waals surface area contributed by atoms with Gasteiger partial charge in [0.2, 0.25) is 0 Å². The maximum Gasteiger partial charge on any atom is 0.159 e. The van der Waals surface area contributed by atoms with E-state index >= 15 is 0 Å². The highest BCUT2D eigenvalue weighted by Gasteiger charge is 1.97. The molecule has 0 unspecified atom stereocenters. The van der Waals surface area contributed by atoms with Crippen molar-refractivity contribution in [2.75, 3.05) is 0 Å². The topological polar surface area (TPSA) is 34.1 Å². The van der Waals surface area contributed by atoms with E-state index in [2.05, 4.69) is 31.9 Å². The summed E-state index contributed by atoms with van der Waals surface area (Å²) in [6.07, 6.45) is 0. The van der Waals surface area contributed by atoms with Gasteiger partial charge in [-0.25, -0.2) is 0 Å². The third-order valence-electron chi connectivity index (χ3n) is 2.46. The summed E-state index contributed by atoms with van der Waals surface area (Å²) in [5, 5.41) is 0. The summed E-state index contributed by atoms with van der Waals surface area (Å²) in [6.45, 7) is 3.11. The molecule has 2 aromatic carbocycles. The summed E-state index contributed by atoms with van der Waals surface area (Å²) in [6, 6.07) is 14.7. The summed E-state index contributed by atoms with van der Waals surface area (Å²) in [7, 11) is 0. The zero-order valence-electron chi connectivity index (χ0n) is 11.2. The van der Waals surface area contributed by atoms with Gasteiger partial charge in [0.1, 0.15) is 0 Å². The molecular weight excluding hydrogens is 384 g/mol. The van der Waals surface area contributed by atoms with Gasteiger partial charge < -0.3 is 0 Å². The van der Waals surface area contributed by atoms with E-state index in [0.29, 0.717) is 0 Å². The molecule has 0 aliphatic rings. The van der Waals surface area contributed by atoms with Crippen molar-refractivity contribution in [3.8, 4) is 0 Å². The predicted octanol–water partition coefficient (Wildman–Crippen LogP) is 5.30. The largest absolute Gasteiger partial charge is 0.295 e. The molecular formula is C16H14Br2O2. The Labute approximate surface area is 135 Å². The smallest absolute Gasteiger partial charge is 0.159 e. The van der Waals surface area contributed by atoms with Crippen LogP contribution in [0.1, 0.15) is 34.6 Å². The van der Waals surface area contributed by atoms with Crippen LogP contribution in [-0.2, 0) is 0 Å². The molecule has 0 aliphatic heterocycles. The van der Waals surface area contributed by atoms with E-state index in [1.165, 1.54) is 0 Å². The van der Waals surface area contributed by atoms with E-state index in [-0.39, 0.29) is 11.6 Å². The molecule has 0 spiro atoms. The Kier molecular flexibility index (Phi) is 6.82. The lowest BCUT2D eigenvalue weighted by Gasteiger charge is -1.93. The first-order valence-electron chi connectivity index (χ1n) is 5.93. The Hall–Kier alpha value is -1.26. The van der Waals surface area contributed by atoms with Gasteiger partial charge in [-0.05, 0) is 38.1 Å². The van der Waals surface area contributed by atoms with Crippen molar-refractivity contribution in [1.82, 2.24) is 0 Å². The molecule has 2 aromatic rings. The van der Waals surface area contributed by atoms with Gasteiger partial charge in [0.15, 0.2) is 11.6 Å². The summed E-state index contributed by atoms with van der Waals surface area (Å²) < 4.78 is 1.89. The molecule has 0 aliphatic carbocycles. The van der Waals surface area contributed by atoms with Crippen LogP contribution in [0.3, 0.4) is 0 Å². The van der Waals surface area contributed by atoms with Gasteiger partial charge in [0, 0.05) is 20.1 Å². The van der Waals surface area contributed by atoms with Gasteiger partial charge in [-0.15, -0.1) is 0 Å². The fourth-order valence-electron chi connectivity index (χ4n) is 1.41. The Morgan fingerprint density at radius 1 is 0.750 bits per heavy atom. The summed E-state index contributed by atoms with van der Waals surface area (Å²) in [5.74, 6) is 0.197. The maximum absolute atomic E-state index is 10.8. The molecule has 2 rings (SSSR count). The second-order valence-corrected chi connectivity index (χ2v) is 5.96. The van der Waals surface area contributed by atoms with Crippen LogP contribution in [0.4, 0.5) is 0 Å². The molecule has 0 bridgehead atoms. The Morgan fingerprint density at radius 3 is 1.30 bits per heavy atom. The molecule has 0 radical (unpaired) electrons. The number of carbonyl (C=O) groups excluding carboxylic acids is 2. The van der Waals surface area contributed by atoms with Crippen molar-refractivity contribution < 1.29 is 9.59 Å². The molecule has 0 amide bonds. The molecule has 0 saturated carbocycles. The monoisotopic (exact) mass is 396 g/mol. The highest BCUT2D eigenvalue weighted by atomic mass is 79.9. The van der Waals surface area contributed by atoms with Crippen LogP contribution < -0.4 is 0 Å². The number of ketones is 2. The van der Waals surface area contributed by atoms with E-state index in [1.54, 1.807) is 26.0 Å². The van der Waals surface area contributed by atoms with Crippen molar-refractivity contribution in [1.29, 1.82) is 0 Å². The average molecular weight is 398 g/mol. The molecule has 104 valence electrons. The lowest BCUT2D eigenvalue weighted by atomic mass is 10.2. The highest BCUT2D eigenvalue weighted by molar-refractivity contribution is 9.10. The van der Waals surface area contributed by atoms with Gasteiger partial charge in [0.05, 0.1) is 0 Å². The second kappa shape index (κ2) is 8.12. The molecule has 0 fully saturated rings. The predicted molar refractivity (Wildman–Crippen MR) is 88.3 cm³/mol. The van der Waals surface area contributed by atoms with E-state index < -0.39 is 0 Å². The standard InChI is InChI=1S/2C8H7BrO/c2*1-6(10)7-3-2-4-8(9)5-7/h2*2-5H,1H3. The molecule has 0 saturated heterocycles. The number of Topliss-reactive ketones (excluding diaryl/α,β-unsaturated/α-hetero) is 2. The third kappa shape index (κ3) is 5.80. The van der Waals surface area contributed by atoms with Gasteiger partial charge in [-0.1, -0.05) is 56.1 Å². The van der Waals surface area contributed by atoms with Crippen LogP contribution in [0, 0.1) is 0 Å². The van der Waals surface area contributed by atoms with E-state index in [1.807, 2.05) is 36.4 Å². The summed E-state index contributed by atoms with van der Waals surface area (Å²) in [4.78, 5) is 21.6. The van der Waals surface area contributed by atoms with Crippen LogP contribution in [0.25, 0.3) is 0 Å². The van der Waals surface area contributed by atoms with Crippen LogP contribution in [0.5, 0.6) is 0 Å². The number of halogens is 2. The Balaban J connectivity index is 0.000000200. The average Bonchev–Trinajstić information content (AvgIpc) is 2.39. The number of hydrogen-bond acceptors (Lipinski definition) is 2. The molecule has 0 N–H and O–H groups in total. The van der Waals surface area contributed by atoms with Crippen molar-refractivity contribution >= 4 is 43.4 Å². The zero-order chi connectivity index (χ0) is 15.1. The first-order valence-corrected chi connectivity index (χ1v) is 7.51. The summed E-state index contributed by atoms with van der Waals surface area (Å²) in [5.41, 5.74) is 1.49. The minimum Gasteiger partial charge on any atom is -0.295 e. The molecule has 2 nitrogen and oxygen atoms in total. The van der Waals surface area contributed by atoms with Crippen LogP contribution in [-0.4, -0.2) is 11.6 Å². The summed E-state index contributed by atoms with van der Waals surface area (Å²) >= 11 is 6.56. The number of benzene rings is 2. The quantitative estimate of drug-likeness (QED) is 0.644. The lowest BCUT2D eigenvalue weighted by Crippen LogP contribution is -1.89. The van der Waals surface area contributed by atoms with E-state index in [0.717, 1.165) is 20.1 Å². The fourth-order valence-corrected chi connectivity index (χ4v) is 2.21. The maximum atomic E-state index is 10.8. The van der Waals surface area contributed by atoms with E-state index in [4.69, 9.17) is 0 Å². The molecule has 0 aromatic heterocycles. The van der Waals surface area contributed by atoms with Gasteiger partial charge in [-0.3, -0.25) is 9.59 Å². The van der Waals surface area contributed by atoms with Crippen LogP contribution >= 0.6 is 31.9 Å². The van der Waals surface area contributed by atoms with Crippen molar-refractivity contribution in [2.45, 2.75) is 13.8 Å². The zero-order valence-corrected chi connectivity index (χ0v) is 14.4. The van der Waals surface area contributed by atoms with Gasteiger partial charge >= 0.3 is 0 Å². The van der Waals surface area contributed by atoms with Gasteiger partial charge in [-0.2, -0.15) is 0 Å². The molecule has 0 atom stereocenters. The first kappa shape index (κ1) is 16.8. The first-order chi connectivity index (χ1) is 9.40. The minimum absolute atomic E-state index is 0.0984. The number of rotatable bonds is 2. The number of carbonyl (C=O) groups is 2. The molecule has 4 heteroatoms. The van der Waals surface area contributed by atoms with Crippen LogP contribution in [0.15, 0.2) is 57.5 Å². The number of hydrogen-bond donors (Lipinski definition) is 0. The molecule has 20 heavy (non-hydrogen) atoms. The normalized spacial score (nSPS) is 9.40. The lowest BCUT2D eigenvalue weighted by molar-refractivity contribution is 0.100. The fraction of sp³-hybridized carbons (Fsp3) is 0.125. The van der Waals surface area contributed by atoms with Crippen molar-refractivity contribution in [2.24, 2.45) is 0 Å². The van der Waals surface area contributed by atoms with E-state index in [9.17, 15) is 9.59 Å². The Morgan fingerprint density at radius 2 is 1.10 bits per heavy atom. The minimum atomic E-state index is 0.0984. The third-order valence-corrected chi connectivity index (χ3v) is 3.45. The SMILES string of the molecule is CC(=O)c1cccc(Br)c1.CC(=O)c1cccc(Br)c1. The molecule has 0 heterocycles. The highest BCUT2D eigenvalue weighted by Crippen LogP contribution is 2.12.